The predicted octanol–water partition coefficient (Wildman–Crippen LogP) is 1.72. The van der Waals surface area contributed by atoms with Crippen molar-refractivity contribution in [3.8, 4) is 0 Å². The summed E-state index contributed by atoms with van der Waals surface area (Å²) >= 11 is 0. The second kappa shape index (κ2) is 5.61. The van der Waals surface area contributed by atoms with E-state index in [1.807, 2.05) is 0 Å². The molecular weight excluding hydrogens is 296 g/mol. The topological polar surface area (TPSA) is 110 Å². The number of nitrogens with zero attached hydrogens (tertiary/aromatic N) is 1. The van der Waals surface area contributed by atoms with Gasteiger partial charge in [0.1, 0.15) is 10.6 Å². The maximum absolute atomic E-state index is 11.7. The van der Waals surface area contributed by atoms with Crippen molar-refractivity contribution in [2.24, 2.45) is 0 Å². The summed E-state index contributed by atoms with van der Waals surface area (Å²) < 4.78 is 23.4. The van der Waals surface area contributed by atoms with E-state index in [0.29, 0.717) is 12.8 Å². The number of hydrogen-bond acceptors (Lipinski definition) is 6. The number of aliphatic hydroxyl groups excluding tert-OH is 1. The maximum Gasteiger partial charge on any atom is 0.310 e. The molecule has 2 N–H and O–H groups in total. The van der Waals surface area contributed by atoms with Crippen LogP contribution in [0, 0.1) is 10.1 Å². The third-order valence-electron chi connectivity index (χ3n) is 3.84. The van der Waals surface area contributed by atoms with E-state index < -0.39 is 26.0 Å². The number of hydrogen-bond donors (Lipinski definition) is 2. The molecule has 0 bridgehead atoms. The van der Waals surface area contributed by atoms with Crippen LogP contribution in [0.5, 0.6) is 0 Å². The van der Waals surface area contributed by atoms with Crippen molar-refractivity contribution in [2.75, 3.05) is 18.2 Å². The van der Waals surface area contributed by atoms with Gasteiger partial charge >= 0.3 is 5.69 Å². The summed E-state index contributed by atoms with van der Waals surface area (Å²) in [6, 6.07) is 4.16. The van der Waals surface area contributed by atoms with Crippen molar-refractivity contribution in [2.45, 2.75) is 36.1 Å². The van der Waals surface area contributed by atoms with Gasteiger partial charge in [-0.2, -0.15) is 0 Å². The number of rotatable bonds is 5. The average Bonchev–Trinajstić information content (AvgIpc) is 2.86. The summed E-state index contributed by atoms with van der Waals surface area (Å²) in [5, 5.41) is 23.9. The Bertz CT molecular complexity index is 651. The zero-order valence-corrected chi connectivity index (χ0v) is 12.5. The Morgan fingerprint density at radius 1 is 1.38 bits per heavy atom. The SMILES string of the molecule is CS(=O)(=O)c1cccc(NC2(CO)CCCC2)c1[N+](=O)[O-]. The Balaban J connectivity index is 2.51. The van der Waals surface area contributed by atoms with E-state index in [0.717, 1.165) is 19.1 Å². The zero-order valence-electron chi connectivity index (χ0n) is 11.7. The Hall–Kier alpha value is -1.67. The molecule has 7 nitrogen and oxygen atoms in total. The molecule has 1 aliphatic rings. The highest BCUT2D eigenvalue weighted by atomic mass is 32.2. The number of nitrogens with one attached hydrogen (secondary N) is 1. The van der Waals surface area contributed by atoms with Gasteiger partial charge in [-0.3, -0.25) is 10.1 Å². The quantitative estimate of drug-likeness (QED) is 0.632. The van der Waals surface area contributed by atoms with Crippen LogP contribution in [0.15, 0.2) is 23.1 Å². The minimum Gasteiger partial charge on any atom is -0.394 e. The molecule has 0 atom stereocenters. The number of benzene rings is 1. The smallest absolute Gasteiger partial charge is 0.310 e. The molecule has 0 radical (unpaired) electrons. The van der Waals surface area contributed by atoms with Crippen LogP contribution in [0.3, 0.4) is 0 Å². The zero-order chi connectivity index (χ0) is 15.7. The lowest BCUT2D eigenvalue weighted by atomic mass is 9.98. The van der Waals surface area contributed by atoms with Crippen molar-refractivity contribution in [3.63, 3.8) is 0 Å². The van der Waals surface area contributed by atoms with Gasteiger partial charge in [0, 0.05) is 6.26 Å². The minimum atomic E-state index is -3.71. The number of anilines is 1. The maximum atomic E-state index is 11.7. The lowest BCUT2D eigenvalue weighted by molar-refractivity contribution is -0.386. The first-order valence-corrected chi connectivity index (χ1v) is 8.55. The molecule has 0 aliphatic heterocycles. The van der Waals surface area contributed by atoms with Gasteiger partial charge in [0.25, 0.3) is 0 Å². The first-order valence-electron chi connectivity index (χ1n) is 6.66. The number of nitro groups is 1. The highest BCUT2D eigenvalue weighted by molar-refractivity contribution is 7.90. The minimum absolute atomic E-state index is 0.138. The van der Waals surface area contributed by atoms with Crippen LogP contribution in [0.4, 0.5) is 11.4 Å². The fourth-order valence-electron chi connectivity index (χ4n) is 2.77. The van der Waals surface area contributed by atoms with Crippen LogP contribution in [0.25, 0.3) is 0 Å². The van der Waals surface area contributed by atoms with E-state index in [2.05, 4.69) is 5.32 Å². The summed E-state index contributed by atoms with van der Waals surface area (Å²) in [6.45, 7) is -0.146. The normalized spacial score (nSPS) is 17.6. The molecule has 0 unspecified atom stereocenters. The van der Waals surface area contributed by atoms with E-state index in [9.17, 15) is 23.6 Å². The van der Waals surface area contributed by atoms with Crippen LogP contribution in [-0.4, -0.2) is 36.8 Å². The number of aliphatic hydroxyl groups is 1. The first kappa shape index (κ1) is 15.7. The molecule has 1 aromatic rings. The van der Waals surface area contributed by atoms with Crippen molar-refractivity contribution in [1.82, 2.24) is 0 Å². The highest BCUT2D eigenvalue weighted by Crippen LogP contribution is 2.38. The molecule has 0 aromatic heterocycles. The van der Waals surface area contributed by atoms with Crippen LogP contribution in [0.2, 0.25) is 0 Å². The Morgan fingerprint density at radius 3 is 2.48 bits per heavy atom. The Morgan fingerprint density at radius 2 is 2.00 bits per heavy atom. The third-order valence-corrected chi connectivity index (χ3v) is 4.97. The van der Waals surface area contributed by atoms with Gasteiger partial charge in [-0.15, -0.1) is 0 Å². The molecule has 2 rings (SSSR count). The number of para-hydroxylation sites is 1. The van der Waals surface area contributed by atoms with Gasteiger partial charge < -0.3 is 10.4 Å². The van der Waals surface area contributed by atoms with Crippen LogP contribution < -0.4 is 5.32 Å². The lowest BCUT2D eigenvalue weighted by Crippen LogP contribution is -2.39. The van der Waals surface area contributed by atoms with Crippen molar-refractivity contribution in [1.29, 1.82) is 0 Å². The molecule has 116 valence electrons. The van der Waals surface area contributed by atoms with Crippen molar-refractivity contribution < 1.29 is 18.4 Å². The molecule has 21 heavy (non-hydrogen) atoms. The van der Waals surface area contributed by atoms with E-state index in [-0.39, 0.29) is 17.2 Å². The second-order valence-corrected chi connectivity index (χ2v) is 7.44. The van der Waals surface area contributed by atoms with Crippen molar-refractivity contribution in [3.05, 3.63) is 28.3 Å². The monoisotopic (exact) mass is 314 g/mol. The summed E-state index contributed by atoms with van der Waals surface area (Å²) in [5.74, 6) is 0. The lowest BCUT2D eigenvalue weighted by Gasteiger charge is -2.29. The van der Waals surface area contributed by atoms with Crippen LogP contribution >= 0.6 is 0 Å². The van der Waals surface area contributed by atoms with Crippen LogP contribution in [0.1, 0.15) is 25.7 Å². The third kappa shape index (κ3) is 3.16. The Labute approximate surface area is 123 Å². The molecule has 0 heterocycles. The molecule has 0 spiro atoms. The van der Waals surface area contributed by atoms with Gasteiger partial charge in [0.05, 0.1) is 17.1 Å². The molecule has 0 amide bonds. The van der Waals surface area contributed by atoms with E-state index in [4.69, 9.17) is 0 Å². The summed E-state index contributed by atoms with van der Waals surface area (Å²) in [5.41, 5.74) is -0.931. The molecule has 1 aliphatic carbocycles. The van der Waals surface area contributed by atoms with Gasteiger partial charge in [-0.25, -0.2) is 8.42 Å². The van der Waals surface area contributed by atoms with E-state index in [1.165, 1.54) is 18.2 Å². The molecular formula is C13H18N2O5S. The predicted molar refractivity (Wildman–Crippen MR) is 78.1 cm³/mol. The fraction of sp³-hybridized carbons (Fsp3) is 0.538. The fourth-order valence-corrected chi connectivity index (χ4v) is 3.63. The van der Waals surface area contributed by atoms with Crippen LogP contribution in [-0.2, 0) is 9.84 Å². The second-order valence-electron chi connectivity index (χ2n) is 5.45. The van der Waals surface area contributed by atoms with Crippen molar-refractivity contribution >= 4 is 21.2 Å². The largest absolute Gasteiger partial charge is 0.394 e. The molecule has 1 aromatic carbocycles. The molecule has 1 fully saturated rings. The van der Waals surface area contributed by atoms with Gasteiger partial charge in [0.2, 0.25) is 0 Å². The number of sulfone groups is 1. The average molecular weight is 314 g/mol. The van der Waals surface area contributed by atoms with E-state index in [1.54, 1.807) is 0 Å². The highest BCUT2D eigenvalue weighted by Gasteiger charge is 2.36. The van der Waals surface area contributed by atoms with Gasteiger partial charge in [0.15, 0.2) is 9.84 Å². The summed E-state index contributed by atoms with van der Waals surface area (Å²) in [6.07, 6.45) is 4.18. The Kier molecular flexibility index (Phi) is 4.20. The molecule has 0 saturated heterocycles. The number of nitro benzene ring substituents is 1. The standard InChI is InChI=1S/C13H18N2O5S/c1-21(19,20)11-6-4-5-10(12(11)15(17)18)14-13(9-16)7-2-3-8-13/h4-6,14,16H,2-3,7-9H2,1H3. The molecule has 1 saturated carbocycles. The first-order chi connectivity index (χ1) is 9.79. The van der Waals surface area contributed by atoms with Gasteiger partial charge in [-0.1, -0.05) is 18.9 Å². The van der Waals surface area contributed by atoms with Gasteiger partial charge in [-0.05, 0) is 25.0 Å². The summed E-state index contributed by atoms with van der Waals surface area (Å²) in [7, 11) is -3.71. The molecule has 8 heteroatoms. The van der Waals surface area contributed by atoms with E-state index >= 15 is 0 Å². The summed E-state index contributed by atoms with van der Waals surface area (Å²) in [4.78, 5) is 10.3.